The van der Waals surface area contributed by atoms with Gasteiger partial charge in [-0.15, -0.1) is 0 Å². The van der Waals surface area contributed by atoms with E-state index >= 15 is 0 Å². The Bertz CT molecular complexity index is 652. The number of amides is 1. The van der Waals surface area contributed by atoms with Crippen LogP contribution in [0.2, 0.25) is 0 Å². The summed E-state index contributed by atoms with van der Waals surface area (Å²) in [5.74, 6) is 0.200. The summed E-state index contributed by atoms with van der Waals surface area (Å²) in [5, 5.41) is 4.00. The van der Waals surface area contributed by atoms with E-state index in [0.29, 0.717) is 26.3 Å². The number of oxime groups is 1. The Balaban J connectivity index is 1.56. The highest BCUT2D eigenvalue weighted by Gasteiger charge is 2.24. The van der Waals surface area contributed by atoms with Crippen LogP contribution in [0.4, 0.5) is 0 Å². The van der Waals surface area contributed by atoms with E-state index in [1.54, 1.807) is 11.8 Å². The fourth-order valence-electron chi connectivity index (χ4n) is 3.48. The molecular formula is C20H30N4O3. The van der Waals surface area contributed by atoms with Crippen LogP contribution in [0.3, 0.4) is 0 Å². The molecule has 2 aliphatic heterocycles. The maximum Gasteiger partial charge on any atom is 0.266 e. The first-order valence-electron chi connectivity index (χ1n) is 9.81. The van der Waals surface area contributed by atoms with E-state index < -0.39 is 6.10 Å². The van der Waals surface area contributed by atoms with Gasteiger partial charge in [0.05, 0.1) is 13.2 Å². The number of piperidine rings is 1. The molecule has 7 heteroatoms. The highest BCUT2D eigenvalue weighted by Crippen LogP contribution is 2.14. The topological polar surface area (TPSA) is 80.4 Å². The van der Waals surface area contributed by atoms with Gasteiger partial charge in [0.2, 0.25) is 6.10 Å². The van der Waals surface area contributed by atoms with Gasteiger partial charge < -0.3 is 20.2 Å². The predicted molar refractivity (Wildman–Crippen MR) is 104 cm³/mol. The molecule has 1 aromatic carbocycles. The van der Waals surface area contributed by atoms with Crippen molar-refractivity contribution in [1.29, 1.82) is 0 Å². The third kappa shape index (κ3) is 5.68. The normalized spacial score (nSPS) is 20.3. The molecule has 3 rings (SSSR count). The van der Waals surface area contributed by atoms with Crippen molar-refractivity contribution in [3.8, 4) is 0 Å². The van der Waals surface area contributed by atoms with Crippen molar-refractivity contribution in [2.75, 3.05) is 39.4 Å². The van der Waals surface area contributed by atoms with Crippen molar-refractivity contribution in [3.05, 3.63) is 35.4 Å². The highest BCUT2D eigenvalue weighted by atomic mass is 16.6. The first-order chi connectivity index (χ1) is 13.1. The molecule has 0 aliphatic carbocycles. The molecule has 1 atom stereocenters. The molecule has 2 N–H and O–H groups in total. The molecule has 2 fully saturated rings. The number of hydrogen-bond acceptors (Lipinski definition) is 5. The molecule has 0 radical (unpaired) electrons. The maximum absolute atomic E-state index is 12.4. The molecule has 2 aliphatic rings. The number of morpholine rings is 1. The standard InChI is InChI=1S/C20H30N4O3/c1-16(20(25)24-10-12-26-13-11-24)27-22-19(21)18-7-5-6-17(14-18)15-23-8-3-2-4-9-23/h5-7,14,16H,2-4,8-13,15H2,1H3,(H2,21,22). The Morgan fingerprint density at radius 1 is 1.22 bits per heavy atom. The van der Waals surface area contributed by atoms with E-state index in [2.05, 4.69) is 16.1 Å². The largest absolute Gasteiger partial charge is 0.381 e. The molecule has 1 unspecified atom stereocenters. The predicted octanol–water partition coefficient (Wildman–Crippen LogP) is 1.56. The Morgan fingerprint density at radius 3 is 2.70 bits per heavy atom. The van der Waals surface area contributed by atoms with Gasteiger partial charge in [-0.3, -0.25) is 9.69 Å². The SMILES string of the molecule is CC(O/N=C(/N)c1cccc(CN2CCCCC2)c1)C(=O)N1CCOCC1. The number of amidine groups is 1. The molecule has 1 aromatic rings. The maximum atomic E-state index is 12.4. The van der Waals surface area contributed by atoms with Crippen LogP contribution in [-0.4, -0.2) is 67.0 Å². The first kappa shape index (κ1) is 19.6. The van der Waals surface area contributed by atoms with E-state index in [-0.39, 0.29) is 11.7 Å². The number of carbonyl (C=O) groups excluding carboxylic acids is 1. The third-order valence-corrected chi connectivity index (χ3v) is 5.06. The second-order valence-corrected chi connectivity index (χ2v) is 7.20. The molecule has 1 amide bonds. The molecule has 27 heavy (non-hydrogen) atoms. The van der Waals surface area contributed by atoms with Crippen LogP contribution in [0, 0.1) is 0 Å². The third-order valence-electron chi connectivity index (χ3n) is 5.06. The number of carbonyl (C=O) groups is 1. The molecule has 0 spiro atoms. The molecule has 0 aromatic heterocycles. The quantitative estimate of drug-likeness (QED) is 0.464. The molecule has 2 heterocycles. The zero-order chi connectivity index (χ0) is 19.1. The average Bonchev–Trinajstić information content (AvgIpc) is 2.72. The Morgan fingerprint density at radius 2 is 1.96 bits per heavy atom. The van der Waals surface area contributed by atoms with Crippen LogP contribution in [0.25, 0.3) is 0 Å². The van der Waals surface area contributed by atoms with Gasteiger partial charge in [-0.2, -0.15) is 0 Å². The van der Waals surface area contributed by atoms with Crippen LogP contribution < -0.4 is 5.73 Å². The van der Waals surface area contributed by atoms with Crippen molar-refractivity contribution in [1.82, 2.24) is 9.80 Å². The van der Waals surface area contributed by atoms with Crippen molar-refractivity contribution < 1.29 is 14.4 Å². The van der Waals surface area contributed by atoms with Crippen LogP contribution in [-0.2, 0) is 20.9 Å². The van der Waals surface area contributed by atoms with Gasteiger partial charge in [0.1, 0.15) is 0 Å². The summed E-state index contributed by atoms with van der Waals surface area (Å²) < 4.78 is 5.27. The number of rotatable bonds is 6. The van der Waals surface area contributed by atoms with Gasteiger partial charge in [0.25, 0.3) is 5.91 Å². The summed E-state index contributed by atoms with van der Waals surface area (Å²) in [4.78, 5) is 21.9. The number of ether oxygens (including phenoxy) is 1. The van der Waals surface area contributed by atoms with Crippen LogP contribution in [0.1, 0.15) is 37.3 Å². The fraction of sp³-hybridized carbons (Fsp3) is 0.600. The Kier molecular flexibility index (Phi) is 7.06. The van der Waals surface area contributed by atoms with E-state index in [9.17, 15) is 4.79 Å². The second-order valence-electron chi connectivity index (χ2n) is 7.20. The molecule has 2 saturated heterocycles. The van der Waals surface area contributed by atoms with E-state index in [4.69, 9.17) is 15.3 Å². The lowest BCUT2D eigenvalue weighted by molar-refractivity contribution is -0.146. The summed E-state index contributed by atoms with van der Waals surface area (Å²) >= 11 is 0. The number of hydrogen-bond donors (Lipinski definition) is 1. The molecule has 148 valence electrons. The lowest BCUT2D eigenvalue weighted by Crippen LogP contribution is -2.45. The first-order valence-corrected chi connectivity index (χ1v) is 9.81. The Hall–Kier alpha value is -2.12. The van der Waals surface area contributed by atoms with Crippen LogP contribution in [0.15, 0.2) is 29.4 Å². The van der Waals surface area contributed by atoms with E-state index in [1.807, 2.05) is 18.2 Å². The van der Waals surface area contributed by atoms with Crippen molar-refractivity contribution in [3.63, 3.8) is 0 Å². The van der Waals surface area contributed by atoms with Crippen molar-refractivity contribution >= 4 is 11.7 Å². The van der Waals surface area contributed by atoms with Gasteiger partial charge in [0.15, 0.2) is 5.84 Å². The molecule has 0 bridgehead atoms. The zero-order valence-corrected chi connectivity index (χ0v) is 16.1. The average molecular weight is 374 g/mol. The van der Waals surface area contributed by atoms with E-state index in [0.717, 1.165) is 25.2 Å². The monoisotopic (exact) mass is 374 g/mol. The van der Waals surface area contributed by atoms with E-state index in [1.165, 1.54) is 24.8 Å². The molecular weight excluding hydrogens is 344 g/mol. The smallest absolute Gasteiger partial charge is 0.266 e. The van der Waals surface area contributed by atoms with Gasteiger partial charge in [-0.05, 0) is 44.5 Å². The highest BCUT2D eigenvalue weighted by molar-refractivity contribution is 5.97. The lowest BCUT2D eigenvalue weighted by atomic mass is 10.1. The van der Waals surface area contributed by atoms with Gasteiger partial charge in [-0.1, -0.05) is 29.8 Å². The van der Waals surface area contributed by atoms with Gasteiger partial charge in [0, 0.05) is 25.2 Å². The minimum atomic E-state index is -0.668. The Labute approximate surface area is 161 Å². The lowest BCUT2D eigenvalue weighted by Gasteiger charge is -2.28. The van der Waals surface area contributed by atoms with Crippen LogP contribution >= 0.6 is 0 Å². The summed E-state index contributed by atoms with van der Waals surface area (Å²) in [7, 11) is 0. The number of nitrogens with two attached hydrogens (primary N) is 1. The number of likely N-dealkylation sites (tertiary alicyclic amines) is 1. The molecule has 7 nitrogen and oxygen atoms in total. The van der Waals surface area contributed by atoms with Gasteiger partial charge >= 0.3 is 0 Å². The van der Waals surface area contributed by atoms with Crippen molar-refractivity contribution in [2.24, 2.45) is 10.9 Å². The second kappa shape index (κ2) is 9.71. The van der Waals surface area contributed by atoms with Gasteiger partial charge in [-0.25, -0.2) is 0 Å². The number of benzene rings is 1. The minimum absolute atomic E-state index is 0.0892. The number of nitrogens with zero attached hydrogens (tertiary/aromatic N) is 3. The molecule has 0 saturated carbocycles. The van der Waals surface area contributed by atoms with Crippen molar-refractivity contribution in [2.45, 2.75) is 38.8 Å². The summed E-state index contributed by atoms with van der Waals surface area (Å²) in [5.41, 5.74) is 8.12. The summed E-state index contributed by atoms with van der Waals surface area (Å²) in [6.07, 6.45) is 3.20. The zero-order valence-electron chi connectivity index (χ0n) is 16.1. The minimum Gasteiger partial charge on any atom is -0.381 e. The summed E-state index contributed by atoms with van der Waals surface area (Å²) in [6.45, 7) is 7.22. The summed E-state index contributed by atoms with van der Waals surface area (Å²) in [6, 6.07) is 8.05. The van der Waals surface area contributed by atoms with Crippen LogP contribution in [0.5, 0.6) is 0 Å². The fourth-order valence-corrected chi connectivity index (χ4v) is 3.48.